The van der Waals surface area contributed by atoms with E-state index in [1.165, 1.54) is 0 Å². The van der Waals surface area contributed by atoms with E-state index >= 15 is 0 Å². The van der Waals surface area contributed by atoms with Gasteiger partial charge in [-0.1, -0.05) is 19.8 Å². The number of carboxylic acid groups (broad SMARTS) is 1. The van der Waals surface area contributed by atoms with Crippen LogP contribution in [-0.2, 0) is 6.18 Å². The Bertz CT molecular complexity index is 441. The number of alkyl halides is 3. The van der Waals surface area contributed by atoms with Crippen molar-refractivity contribution in [3.05, 3.63) is 29.3 Å². The summed E-state index contributed by atoms with van der Waals surface area (Å²) in [4.78, 5) is 10.7. The molecule has 0 atom stereocenters. The third-order valence-corrected chi connectivity index (χ3v) is 2.54. The van der Waals surface area contributed by atoms with E-state index in [0.29, 0.717) is 12.5 Å². The molecule has 106 valence electrons. The molecule has 0 aliphatic rings. The molecule has 0 spiro atoms. The summed E-state index contributed by atoms with van der Waals surface area (Å²) in [6, 6.07) is 2.75. The average molecular weight is 276 g/mol. The molecule has 19 heavy (non-hydrogen) atoms. The van der Waals surface area contributed by atoms with Crippen LogP contribution in [0.4, 0.5) is 13.2 Å². The Hall–Kier alpha value is -1.72. The molecular formula is C13H15F3O3. The Kier molecular flexibility index (Phi) is 5.20. The molecule has 1 rings (SSSR count). The molecule has 0 radical (unpaired) electrons. The van der Waals surface area contributed by atoms with Crippen LogP contribution in [0.2, 0.25) is 0 Å². The smallest absolute Gasteiger partial charge is 0.419 e. The van der Waals surface area contributed by atoms with E-state index in [1.54, 1.807) is 0 Å². The molecule has 1 N–H and O–H groups in total. The highest BCUT2D eigenvalue weighted by molar-refractivity contribution is 5.88. The Morgan fingerprint density at radius 1 is 1.32 bits per heavy atom. The lowest BCUT2D eigenvalue weighted by atomic mass is 10.1. The number of carboxylic acids is 1. The molecule has 0 saturated heterocycles. The van der Waals surface area contributed by atoms with Gasteiger partial charge in [0, 0.05) is 0 Å². The molecule has 1 aromatic carbocycles. The fraction of sp³-hybridized carbons (Fsp3) is 0.462. The normalized spacial score (nSPS) is 11.4. The van der Waals surface area contributed by atoms with Gasteiger partial charge in [-0.05, 0) is 24.6 Å². The van der Waals surface area contributed by atoms with Crippen molar-refractivity contribution in [3.8, 4) is 5.75 Å². The maximum Gasteiger partial charge on any atom is 0.419 e. The SMILES string of the molecule is CCCCCOc1ccc(C(=O)O)cc1C(F)(F)F. The third-order valence-electron chi connectivity index (χ3n) is 2.54. The van der Waals surface area contributed by atoms with Crippen LogP contribution >= 0.6 is 0 Å². The fourth-order valence-electron chi connectivity index (χ4n) is 1.54. The standard InChI is InChI=1S/C13H15F3O3/c1-2-3-4-7-19-11-6-5-9(12(17)18)8-10(11)13(14,15)16/h5-6,8H,2-4,7H2,1H3,(H,17,18). The van der Waals surface area contributed by atoms with Gasteiger partial charge in [0.15, 0.2) is 0 Å². The molecule has 6 heteroatoms. The molecule has 0 fully saturated rings. The number of carbonyl (C=O) groups is 1. The second-order valence-electron chi connectivity index (χ2n) is 4.07. The summed E-state index contributed by atoms with van der Waals surface area (Å²) in [7, 11) is 0. The number of halogens is 3. The summed E-state index contributed by atoms with van der Waals surface area (Å²) in [6.45, 7) is 2.16. The largest absolute Gasteiger partial charge is 0.493 e. The predicted molar refractivity (Wildman–Crippen MR) is 63.4 cm³/mol. The van der Waals surface area contributed by atoms with Crippen molar-refractivity contribution in [2.75, 3.05) is 6.61 Å². The summed E-state index contributed by atoms with van der Waals surface area (Å²) in [5.41, 5.74) is -1.46. The number of aromatic carboxylic acids is 1. The minimum absolute atomic E-state index is 0.184. The van der Waals surface area contributed by atoms with Crippen LogP contribution in [0.1, 0.15) is 42.1 Å². The van der Waals surface area contributed by atoms with Crippen molar-refractivity contribution < 1.29 is 27.8 Å². The Morgan fingerprint density at radius 3 is 2.53 bits per heavy atom. The van der Waals surface area contributed by atoms with Gasteiger partial charge in [0.25, 0.3) is 0 Å². The van der Waals surface area contributed by atoms with Gasteiger partial charge >= 0.3 is 12.1 Å². The molecule has 3 nitrogen and oxygen atoms in total. The second kappa shape index (κ2) is 6.45. The highest BCUT2D eigenvalue weighted by Gasteiger charge is 2.35. The lowest BCUT2D eigenvalue weighted by Gasteiger charge is -2.14. The second-order valence-corrected chi connectivity index (χ2v) is 4.07. The van der Waals surface area contributed by atoms with Crippen molar-refractivity contribution in [1.29, 1.82) is 0 Å². The van der Waals surface area contributed by atoms with E-state index in [0.717, 1.165) is 25.0 Å². The maximum absolute atomic E-state index is 12.8. The van der Waals surface area contributed by atoms with Crippen LogP contribution in [0.25, 0.3) is 0 Å². The van der Waals surface area contributed by atoms with Crippen molar-refractivity contribution in [2.45, 2.75) is 32.4 Å². The molecule has 0 unspecified atom stereocenters. The zero-order chi connectivity index (χ0) is 14.5. The Balaban J connectivity index is 2.93. The molecule has 0 amide bonds. The number of rotatable bonds is 6. The van der Waals surface area contributed by atoms with Gasteiger partial charge in [-0.25, -0.2) is 4.79 Å². The van der Waals surface area contributed by atoms with Crippen molar-refractivity contribution in [2.24, 2.45) is 0 Å². The molecule has 0 aromatic heterocycles. The van der Waals surface area contributed by atoms with Gasteiger partial charge in [0.05, 0.1) is 17.7 Å². The van der Waals surface area contributed by atoms with Crippen LogP contribution in [0.3, 0.4) is 0 Å². The first kappa shape index (κ1) is 15.3. The lowest BCUT2D eigenvalue weighted by Crippen LogP contribution is -2.11. The molecule has 0 heterocycles. The molecule has 0 bridgehead atoms. The van der Waals surface area contributed by atoms with Crippen LogP contribution in [0, 0.1) is 0 Å². The minimum Gasteiger partial charge on any atom is -0.493 e. The topological polar surface area (TPSA) is 46.5 Å². The number of benzene rings is 1. The van der Waals surface area contributed by atoms with Crippen molar-refractivity contribution >= 4 is 5.97 Å². The van der Waals surface area contributed by atoms with Crippen molar-refractivity contribution in [3.63, 3.8) is 0 Å². The minimum atomic E-state index is -4.63. The number of hydrogen-bond acceptors (Lipinski definition) is 2. The molecule has 1 aromatic rings. The Labute approximate surface area is 109 Å². The number of hydrogen-bond donors (Lipinski definition) is 1. The van der Waals surface area contributed by atoms with Gasteiger partial charge < -0.3 is 9.84 Å². The highest BCUT2D eigenvalue weighted by Crippen LogP contribution is 2.36. The molecule has 0 aliphatic carbocycles. The van der Waals surface area contributed by atoms with Crippen molar-refractivity contribution in [1.82, 2.24) is 0 Å². The molecule has 0 aliphatic heterocycles. The van der Waals surface area contributed by atoms with Crippen LogP contribution < -0.4 is 4.74 Å². The van der Waals surface area contributed by atoms with Crippen LogP contribution in [-0.4, -0.2) is 17.7 Å². The fourth-order valence-corrected chi connectivity index (χ4v) is 1.54. The molecular weight excluding hydrogens is 261 g/mol. The van der Waals surface area contributed by atoms with Gasteiger partial charge in [-0.3, -0.25) is 0 Å². The predicted octanol–water partition coefficient (Wildman–Crippen LogP) is 3.97. The van der Waals surface area contributed by atoms with E-state index in [1.807, 2.05) is 6.92 Å². The van der Waals surface area contributed by atoms with E-state index in [9.17, 15) is 18.0 Å². The van der Waals surface area contributed by atoms with Gasteiger partial charge in [0.1, 0.15) is 5.75 Å². The monoisotopic (exact) mass is 276 g/mol. The summed E-state index contributed by atoms with van der Waals surface area (Å²) in [6.07, 6.45) is -2.16. The van der Waals surface area contributed by atoms with E-state index in [-0.39, 0.29) is 12.4 Å². The van der Waals surface area contributed by atoms with Crippen LogP contribution in [0.15, 0.2) is 18.2 Å². The quantitative estimate of drug-likeness (QED) is 0.799. The van der Waals surface area contributed by atoms with E-state index in [4.69, 9.17) is 9.84 Å². The lowest BCUT2D eigenvalue weighted by molar-refractivity contribution is -0.139. The number of ether oxygens (including phenoxy) is 1. The molecule has 0 saturated carbocycles. The van der Waals surface area contributed by atoms with Gasteiger partial charge in [0.2, 0.25) is 0 Å². The summed E-state index contributed by atoms with van der Waals surface area (Å²) in [5.74, 6) is -1.73. The van der Waals surface area contributed by atoms with Gasteiger partial charge in [-0.2, -0.15) is 13.2 Å². The van der Waals surface area contributed by atoms with Crippen LogP contribution in [0.5, 0.6) is 5.75 Å². The first-order valence-electron chi connectivity index (χ1n) is 5.93. The average Bonchev–Trinajstić information content (AvgIpc) is 2.33. The maximum atomic E-state index is 12.8. The highest BCUT2D eigenvalue weighted by atomic mass is 19.4. The zero-order valence-electron chi connectivity index (χ0n) is 10.5. The summed E-state index contributed by atoms with van der Waals surface area (Å²) in [5, 5.41) is 8.70. The first-order valence-corrected chi connectivity index (χ1v) is 5.93. The Morgan fingerprint density at radius 2 is 2.00 bits per heavy atom. The number of unbranched alkanes of at least 4 members (excludes halogenated alkanes) is 2. The zero-order valence-corrected chi connectivity index (χ0v) is 10.5. The summed E-state index contributed by atoms with van der Waals surface area (Å²) < 4.78 is 43.5. The van der Waals surface area contributed by atoms with E-state index < -0.39 is 23.3 Å². The first-order chi connectivity index (χ1) is 8.86. The summed E-state index contributed by atoms with van der Waals surface area (Å²) >= 11 is 0. The van der Waals surface area contributed by atoms with E-state index in [2.05, 4.69) is 0 Å². The van der Waals surface area contributed by atoms with Gasteiger partial charge in [-0.15, -0.1) is 0 Å². The third kappa shape index (κ3) is 4.46.